The van der Waals surface area contributed by atoms with Crippen molar-refractivity contribution in [3.63, 3.8) is 0 Å². The number of nitrogens with two attached hydrogens (primary N) is 1. The van der Waals surface area contributed by atoms with E-state index in [0.29, 0.717) is 26.1 Å². The fraction of sp³-hybridized carbons (Fsp3) is 0.857. The van der Waals surface area contributed by atoms with E-state index in [-0.39, 0.29) is 6.54 Å². The van der Waals surface area contributed by atoms with Gasteiger partial charge < -0.3 is 20.9 Å². The Kier molecular flexibility index (Phi) is 2.88. The summed E-state index contributed by atoms with van der Waals surface area (Å²) in [5, 5.41) is 12.2. The average Bonchev–Trinajstić information content (AvgIpc) is 2.03. The predicted octanol–water partition coefficient (Wildman–Crippen LogP) is -0.804. The van der Waals surface area contributed by atoms with E-state index in [4.69, 9.17) is 10.5 Å². The smallest absolute Gasteiger partial charge is 0.312 e. The van der Waals surface area contributed by atoms with Gasteiger partial charge in [0.2, 0.25) is 0 Å². The van der Waals surface area contributed by atoms with Crippen LogP contribution in [0, 0.1) is 0 Å². The number of rotatable bonds is 2. The number of amides is 2. The Labute approximate surface area is 70.9 Å². The molecule has 5 heteroatoms. The molecule has 70 valence electrons. The molecule has 0 aliphatic carbocycles. The molecule has 1 saturated heterocycles. The van der Waals surface area contributed by atoms with Crippen LogP contribution in [0.25, 0.3) is 0 Å². The molecule has 5 nitrogen and oxygen atoms in total. The fourth-order valence-electron chi connectivity index (χ4n) is 1.18. The molecule has 0 aromatic carbocycles. The molecule has 2 amide bonds. The highest BCUT2D eigenvalue weighted by molar-refractivity contribution is 5.71. The first kappa shape index (κ1) is 9.28. The maximum Gasteiger partial charge on any atom is 0.312 e. The van der Waals surface area contributed by atoms with Gasteiger partial charge in [0.15, 0.2) is 0 Å². The van der Waals surface area contributed by atoms with Crippen LogP contribution >= 0.6 is 0 Å². The van der Waals surface area contributed by atoms with Crippen molar-refractivity contribution in [1.82, 2.24) is 5.32 Å². The number of hydrogen-bond donors (Lipinski definition) is 3. The number of aliphatic hydroxyl groups is 1. The van der Waals surface area contributed by atoms with Crippen molar-refractivity contribution in [2.24, 2.45) is 5.73 Å². The van der Waals surface area contributed by atoms with Crippen LogP contribution in [0.2, 0.25) is 0 Å². The van der Waals surface area contributed by atoms with Crippen LogP contribution in [0.15, 0.2) is 0 Å². The Morgan fingerprint density at radius 2 is 2.17 bits per heavy atom. The maximum absolute atomic E-state index is 10.4. The summed E-state index contributed by atoms with van der Waals surface area (Å²) in [5.41, 5.74) is 4.05. The van der Waals surface area contributed by atoms with Crippen molar-refractivity contribution < 1.29 is 14.6 Å². The summed E-state index contributed by atoms with van der Waals surface area (Å²) < 4.78 is 5.07. The van der Waals surface area contributed by atoms with Crippen LogP contribution in [0.3, 0.4) is 0 Å². The summed E-state index contributed by atoms with van der Waals surface area (Å²) >= 11 is 0. The molecule has 0 aromatic rings. The quantitative estimate of drug-likeness (QED) is 0.512. The topological polar surface area (TPSA) is 84.6 Å². The minimum atomic E-state index is -0.826. The second-order valence-corrected chi connectivity index (χ2v) is 3.05. The Morgan fingerprint density at radius 3 is 2.67 bits per heavy atom. The van der Waals surface area contributed by atoms with Crippen LogP contribution in [0.5, 0.6) is 0 Å². The van der Waals surface area contributed by atoms with Crippen molar-refractivity contribution in [3.05, 3.63) is 0 Å². The molecule has 0 unspecified atom stereocenters. The molecule has 1 rings (SSSR count). The lowest BCUT2D eigenvalue weighted by Crippen LogP contribution is -2.47. The molecule has 1 aliphatic heterocycles. The van der Waals surface area contributed by atoms with Gasteiger partial charge in [0, 0.05) is 32.6 Å². The van der Waals surface area contributed by atoms with Gasteiger partial charge in [-0.2, -0.15) is 0 Å². The lowest BCUT2D eigenvalue weighted by atomic mass is 9.94. The van der Waals surface area contributed by atoms with Crippen LogP contribution in [-0.2, 0) is 4.74 Å². The van der Waals surface area contributed by atoms with E-state index in [9.17, 15) is 9.90 Å². The highest BCUT2D eigenvalue weighted by Gasteiger charge is 2.29. The number of ether oxygens (including phenoxy) is 1. The third-order valence-corrected chi connectivity index (χ3v) is 2.02. The second kappa shape index (κ2) is 3.73. The fourth-order valence-corrected chi connectivity index (χ4v) is 1.18. The Bertz CT molecular complexity index is 166. The molecule has 0 radical (unpaired) electrons. The normalized spacial score (nSPS) is 21.8. The van der Waals surface area contributed by atoms with Crippen molar-refractivity contribution >= 4 is 6.03 Å². The number of hydrogen-bond acceptors (Lipinski definition) is 3. The van der Waals surface area contributed by atoms with Crippen LogP contribution in [0.4, 0.5) is 4.79 Å². The van der Waals surface area contributed by atoms with E-state index in [1.807, 2.05) is 0 Å². The molecular formula is C7H14N2O3. The predicted molar refractivity (Wildman–Crippen MR) is 42.6 cm³/mol. The number of carbonyl (C=O) groups is 1. The van der Waals surface area contributed by atoms with Gasteiger partial charge in [-0.05, 0) is 0 Å². The lowest BCUT2D eigenvalue weighted by Gasteiger charge is -2.31. The molecule has 0 aromatic heterocycles. The zero-order valence-corrected chi connectivity index (χ0v) is 6.88. The van der Waals surface area contributed by atoms with Gasteiger partial charge in [-0.15, -0.1) is 0 Å². The van der Waals surface area contributed by atoms with E-state index in [1.54, 1.807) is 0 Å². The molecule has 1 aliphatic rings. The van der Waals surface area contributed by atoms with E-state index in [2.05, 4.69) is 5.32 Å². The maximum atomic E-state index is 10.4. The first-order valence-corrected chi connectivity index (χ1v) is 3.96. The van der Waals surface area contributed by atoms with Gasteiger partial charge in [0.1, 0.15) is 0 Å². The highest BCUT2D eigenvalue weighted by Crippen LogP contribution is 2.18. The number of carbonyl (C=O) groups excluding carboxylic acids is 1. The van der Waals surface area contributed by atoms with Crippen LogP contribution in [-0.4, -0.2) is 36.5 Å². The standard InChI is InChI=1S/C7H14N2O3/c8-6(10)9-5-7(11)1-3-12-4-2-7/h11H,1-5H2,(H3,8,9,10). The molecule has 0 spiro atoms. The molecule has 0 atom stereocenters. The van der Waals surface area contributed by atoms with Crippen molar-refractivity contribution in [1.29, 1.82) is 0 Å². The van der Waals surface area contributed by atoms with Gasteiger partial charge in [-0.25, -0.2) is 4.79 Å². The monoisotopic (exact) mass is 174 g/mol. The van der Waals surface area contributed by atoms with Crippen LogP contribution in [0.1, 0.15) is 12.8 Å². The summed E-state index contributed by atoms with van der Waals surface area (Å²) in [7, 11) is 0. The van der Waals surface area contributed by atoms with Crippen molar-refractivity contribution in [2.75, 3.05) is 19.8 Å². The highest BCUT2D eigenvalue weighted by atomic mass is 16.5. The minimum absolute atomic E-state index is 0.214. The molecule has 0 saturated carbocycles. The summed E-state index contributed by atoms with van der Waals surface area (Å²) in [6, 6.07) is -0.602. The third-order valence-electron chi connectivity index (χ3n) is 2.02. The first-order valence-electron chi connectivity index (χ1n) is 3.96. The summed E-state index contributed by atoms with van der Waals surface area (Å²) in [6.45, 7) is 1.29. The number of urea groups is 1. The summed E-state index contributed by atoms with van der Waals surface area (Å²) in [5.74, 6) is 0. The zero-order valence-electron chi connectivity index (χ0n) is 6.88. The molecule has 1 heterocycles. The molecular weight excluding hydrogens is 160 g/mol. The third kappa shape index (κ3) is 2.67. The van der Waals surface area contributed by atoms with E-state index >= 15 is 0 Å². The minimum Gasteiger partial charge on any atom is -0.388 e. The van der Waals surface area contributed by atoms with Crippen LogP contribution < -0.4 is 11.1 Å². The number of primary amides is 1. The van der Waals surface area contributed by atoms with Crippen molar-refractivity contribution in [3.8, 4) is 0 Å². The van der Waals surface area contributed by atoms with Gasteiger partial charge in [0.05, 0.1) is 5.60 Å². The van der Waals surface area contributed by atoms with Crippen molar-refractivity contribution in [2.45, 2.75) is 18.4 Å². The Hall–Kier alpha value is -0.810. The van der Waals surface area contributed by atoms with E-state index < -0.39 is 11.6 Å². The van der Waals surface area contributed by atoms with Gasteiger partial charge in [-0.1, -0.05) is 0 Å². The van der Waals surface area contributed by atoms with Gasteiger partial charge in [-0.3, -0.25) is 0 Å². The number of nitrogens with one attached hydrogen (secondary N) is 1. The van der Waals surface area contributed by atoms with Gasteiger partial charge in [0.25, 0.3) is 0 Å². The first-order chi connectivity index (χ1) is 5.62. The largest absolute Gasteiger partial charge is 0.388 e. The molecule has 0 bridgehead atoms. The molecule has 1 fully saturated rings. The Balaban J connectivity index is 2.31. The molecule has 4 N–H and O–H groups in total. The van der Waals surface area contributed by atoms with E-state index in [1.165, 1.54) is 0 Å². The second-order valence-electron chi connectivity index (χ2n) is 3.05. The summed E-state index contributed by atoms with van der Waals surface area (Å²) in [6.07, 6.45) is 1.10. The average molecular weight is 174 g/mol. The van der Waals surface area contributed by atoms with E-state index in [0.717, 1.165) is 0 Å². The van der Waals surface area contributed by atoms with Gasteiger partial charge >= 0.3 is 6.03 Å². The Morgan fingerprint density at radius 1 is 1.58 bits per heavy atom. The zero-order chi connectivity index (χ0) is 9.03. The SMILES string of the molecule is NC(=O)NCC1(O)CCOCC1. The lowest BCUT2D eigenvalue weighted by molar-refractivity contribution is -0.0599. The molecule has 12 heavy (non-hydrogen) atoms. The summed E-state index contributed by atoms with van der Waals surface area (Å²) in [4.78, 5) is 10.4.